The highest BCUT2D eigenvalue weighted by atomic mass is 32.2. The van der Waals surface area contributed by atoms with E-state index < -0.39 is 0 Å². The van der Waals surface area contributed by atoms with Gasteiger partial charge in [0, 0.05) is 6.42 Å². The van der Waals surface area contributed by atoms with Crippen LogP contribution >= 0.6 is 11.8 Å². The zero-order valence-electron chi connectivity index (χ0n) is 5.92. The van der Waals surface area contributed by atoms with E-state index in [-0.39, 0.29) is 16.8 Å². The molecule has 1 aliphatic rings. The summed E-state index contributed by atoms with van der Waals surface area (Å²) in [5.41, 5.74) is 0. The summed E-state index contributed by atoms with van der Waals surface area (Å²) in [7, 11) is 0. The fourth-order valence-corrected chi connectivity index (χ4v) is 1.85. The molecule has 0 aromatic heterocycles. The normalized spacial score (nSPS) is 27.1. The number of hydrogen-bond acceptors (Lipinski definition) is 3. The van der Waals surface area contributed by atoms with E-state index in [1.165, 1.54) is 11.8 Å². The Hall–Kier alpha value is -0.310. The Balaban J connectivity index is 2.60. The Kier molecular flexibility index (Phi) is 2.49. The van der Waals surface area contributed by atoms with Crippen molar-refractivity contribution in [2.45, 2.75) is 24.5 Å². The van der Waals surface area contributed by atoms with Crippen LogP contribution in [0.3, 0.4) is 0 Å². The third-order valence-electron chi connectivity index (χ3n) is 1.72. The van der Waals surface area contributed by atoms with Crippen LogP contribution in [0.2, 0.25) is 0 Å². The highest BCUT2D eigenvalue weighted by Crippen LogP contribution is 2.21. The van der Waals surface area contributed by atoms with Crippen molar-refractivity contribution in [1.82, 2.24) is 0 Å². The van der Waals surface area contributed by atoms with E-state index in [1.54, 1.807) is 0 Å². The van der Waals surface area contributed by atoms with Crippen LogP contribution in [0.5, 0.6) is 0 Å². The van der Waals surface area contributed by atoms with E-state index in [1.807, 2.05) is 6.26 Å². The van der Waals surface area contributed by atoms with Crippen LogP contribution in [-0.4, -0.2) is 23.1 Å². The van der Waals surface area contributed by atoms with Crippen molar-refractivity contribution in [3.8, 4) is 0 Å². The predicted molar refractivity (Wildman–Crippen MR) is 41.2 cm³/mol. The zero-order chi connectivity index (χ0) is 7.56. The van der Waals surface area contributed by atoms with Gasteiger partial charge < -0.3 is 0 Å². The molecule has 0 saturated heterocycles. The quantitative estimate of drug-likeness (QED) is 0.535. The predicted octanol–water partition coefficient (Wildman–Crippen LogP) is 1.04. The van der Waals surface area contributed by atoms with Gasteiger partial charge in [0.2, 0.25) is 5.78 Å². The molecular formula is C7H10O2S. The molecule has 0 aliphatic heterocycles. The Bertz CT molecular complexity index is 165. The Morgan fingerprint density at radius 1 is 1.50 bits per heavy atom. The summed E-state index contributed by atoms with van der Waals surface area (Å²) in [4.78, 5) is 21.8. The van der Waals surface area contributed by atoms with Crippen molar-refractivity contribution >= 4 is 23.3 Å². The van der Waals surface area contributed by atoms with Gasteiger partial charge in [0.05, 0.1) is 5.25 Å². The summed E-state index contributed by atoms with van der Waals surface area (Å²) in [6.45, 7) is 0. The van der Waals surface area contributed by atoms with Gasteiger partial charge in [0.15, 0.2) is 5.78 Å². The summed E-state index contributed by atoms with van der Waals surface area (Å²) >= 11 is 1.49. The number of carbonyl (C=O) groups excluding carboxylic acids is 2. The van der Waals surface area contributed by atoms with Gasteiger partial charge in [-0.05, 0) is 19.1 Å². The maximum Gasteiger partial charge on any atom is 0.211 e. The number of carbonyl (C=O) groups is 2. The van der Waals surface area contributed by atoms with Crippen LogP contribution in [0.15, 0.2) is 0 Å². The van der Waals surface area contributed by atoms with Crippen LogP contribution < -0.4 is 0 Å². The molecule has 0 N–H and O–H groups in total. The zero-order valence-corrected chi connectivity index (χ0v) is 6.74. The highest BCUT2D eigenvalue weighted by molar-refractivity contribution is 8.00. The lowest BCUT2D eigenvalue weighted by Gasteiger charge is -2.16. The summed E-state index contributed by atoms with van der Waals surface area (Å²) in [5.74, 6) is -0.343. The van der Waals surface area contributed by atoms with Gasteiger partial charge in [-0.1, -0.05) is 0 Å². The second-order valence-corrected chi connectivity index (χ2v) is 3.44. The van der Waals surface area contributed by atoms with Crippen LogP contribution in [0.1, 0.15) is 19.3 Å². The monoisotopic (exact) mass is 158 g/mol. The van der Waals surface area contributed by atoms with Crippen molar-refractivity contribution in [2.75, 3.05) is 6.26 Å². The van der Waals surface area contributed by atoms with Gasteiger partial charge in [-0.15, -0.1) is 0 Å². The molecule has 1 saturated carbocycles. The molecule has 3 heteroatoms. The van der Waals surface area contributed by atoms with Crippen LogP contribution in [-0.2, 0) is 9.59 Å². The van der Waals surface area contributed by atoms with E-state index in [0.29, 0.717) is 6.42 Å². The average molecular weight is 158 g/mol. The third kappa shape index (κ3) is 1.40. The third-order valence-corrected chi connectivity index (χ3v) is 2.74. The molecule has 10 heavy (non-hydrogen) atoms. The molecule has 0 radical (unpaired) electrons. The number of thioether (sulfide) groups is 1. The molecule has 0 spiro atoms. The van der Waals surface area contributed by atoms with Crippen LogP contribution in [0.4, 0.5) is 0 Å². The topological polar surface area (TPSA) is 34.1 Å². The van der Waals surface area contributed by atoms with E-state index in [0.717, 1.165) is 12.8 Å². The lowest BCUT2D eigenvalue weighted by molar-refractivity contribution is -0.137. The Morgan fingerprint density at radius 3 is 2.70 bits per heavy atom. The van der Waals surface area contributed by atoms with E-state index in [2.05, 4.69) is 0 Å². The molecule has 1 rings (SSSR count). The largest absolute Gasteiger partial charge is 0.291 e. The van der Waals surface area contributed by atoms with Crippen LogP contribution in [0.25, 0.3) is 0 Å². The summed E-state index contributed by atoms with van der Waals surface area (Å²) in [6, 6.07) is 0. The average Bonchev–Trinajstić information content (AvgIpc) is 1.95. The molecule has 0 amide bonds. The smallest absolute Gasteiger partial charge is 0.211 e. The van der Waals surface area contributed by atoms with Crippen molar-refractivity contribution in [2.24, 2.45) is 0 Å². The molecule has 1 unspecified atom stereocenters. The first-order chi connectivity index (χ1) is 4.75. The number of rotatable bonds is 1. The summed E-state index contributed by atoms with van der Waals surface area (Å²) in [5, 5.41) is -0.0405. The second-order valence-electron chi connectivity index (χ2n) is 2.40. The maximum atomic E-state index is 11.0. The first-order valence-corrected chi connectivity index (χ1v) is 4.64. The maximum absolute atomic E-state index is 11.0. The minimum absolute atomic E-state index is 0.0405. The fraction of sp³-hybridized carbons (Fsp3) is 0.714. The molecular weight excluding hydrogens is 148 g/mol. The SMILES string of the molecule is CSC1CCCC(=O)C1=O. The van der Waals surface area contributed by atoms with Gasteiger partial charge in [-0.3, -0.25) is 9.59 Å². The van der Waals surface area contributed by atoms with Gasteiger partial charge >= 0.3 is 0 Å². The lowest BCUT2D eigenvalue weighted by Crippen LogP contribution is -2.30. The number of Topliss-reactive ketones (excluding diaryl/α,β-unsaturated/α-hetero) is 2. The molecule has 2 nitrogen and oxygen atoms in total. The minimum atomic E-state index is -0.175. The minimum Gasteiger partial charge on any atom is -0.291 e. The lowest BCUT2D eigenvalue weighted by atomic mass is 9.98. The molecule has 56 valence electrons. The fourth-order valence-electron chi connectivity index (χ4n) is 1.11. The number of hydrogen-bond donors (Lipinski definition) is 0. The molecule has 0 bridgehead atoms. The van der Waals surface area contributed by atoms with Gasteiger partial charge in [-0.2, -0.15) is 11.8 Å². The van der Waals surface area contributed by atoms with E-state index in [4.69, 9.17) is 0 Å². The second kappa shape index (κ2) is 3.19. The van der Waals surface area contributed by atoms with Gasteiger partial charge in [-0.25, -0.2) is 0 Å². The van der Waals surface area contributed by atoms with E-state index in [9.17, 15) is 9.59 Å². The molecule has 1 aliphatic carbocycles. The van der Waals surface area contributed by atoms with Gasteiger partial charge in [0.1, 0.15) is 0 Å². The molecule has 0 aromatic carbocycles. The first kappa shape index (κ1) is 7.79. The standard InChI is InChI=1S/C7H10O2S/c1-10-6-4-2-3-5(8)7(6)9/h6H,2-4H2,1H3. The van der Waals surface area contributed by atoms with Crippen molar-refractivity contribution in [3.63, 3.8) is 0 Å². The summed E-state index contributed by atoms with van der Waals surface area (Å²) in [6.07, 6.45) is 4.11. The van der Waals surface area contributed by atoms with Gasteiger partial charge in [0.25, 0.3) is 0 Å². The van der Waals surface area contributed by atoms with Crippen molar-refractivity contribution in [1.29, 1.82) is 0 Å². The van der Waals surface area contributed by atoms with E-state index >= 15 is 0 Å². The molecule has 0 heterocycles. The molecule has 1 fully saturated rings. The summed E-state index contributed by atoms with van der Waals surface area (Å²) < 4.78 is 0. The highest BCUT2D eigenvalue weighted by Gasteiger charge is 2.27. The first-order valence-electron chi connectivity index (χ1n) is 3.35. The van der Waals surface area contributed by atoms with Crippen LogP contribution in [0, 0.1) is 0 Å². The molecule has 0 aromatic rings. The Labute approximate surface area is 64.4 Å². The molecule has 1 atom stereocenters. The number of ketones is 2. The van der Waals surface area contributed by atoms with Crippen molar-refractivity contribution in [3.05, 3.63) is 0 Å². The Morgan fingerprint density at radius 2 is 2.20 bits per heavy atom. The van der Waals surface area contributed by atoms with Crippen molar-refractivity contribution < 1.29 is 9.59 Å².